The molecule has 0 rings (SSSR count). The Morgan fingerprint density at radius 3 is 0.720 bits per heavy atom. The smallest absolute Gasteiger partial charge is 0.462 e. The highest BCUT2D eigenvalue weighted by Gasteiger charge is 2.30. The van der Waals surface area contributed by atoms with Crippen LogP contribution in [0.4, 0.5) is 0 Å². The molecule has 0 heterocycles. The normalized spacial score (nSPS) is 14.2. The number of phosphoric ester groups is 2. The Labute approximate surface area is 498 Å². The molecule has 0 aliphatic heterocycles. The molecular weight excluding hydrogens is 1090 g/mol. The van der Waals surface area contributed by atoms with E-state index in [0.29, 0.717) is 25.7 Å². The minimum Gasteiger partial charge on any atom is -0.462 e. The molecule has 0 saturated heterocycles. The maximum atomic E-state index is 13.0. The van der Waals surface area contributed by atoms with Crippen molar-refractivity contribution < 1.29 is 80.2 Å². The molecule has 0 aromatic carbocycles. The number of rotatable bonds is 64. The van der Waals surface area contributed by atoms with Crippen molar-refractivity contribution >= 4 is 39.5 Å². The van der Waals surface area contributed by atoms with Crippen LogP contribution >= 0.6 is 15.6 Å². The van der Waals surface area contributed by atoms with Gasteiger partial charge >= 0.3 is 39.5 Å². The van der Waals surface area contributed by atoms with E-state index in [9.17, 15) is 43.2 Å². The van der Waals surface area contributed by atoms with Gasteiger partial charge in [-0.25, -0.2) is 9.13 Å². The van der Waals surface area contributed by atoms with Crippen molar-refractivity contribution in [2.24, 2.45) is 0 Å². The van der Waals surface area contributed by atoms with Crippen LogP contribution in [0.25, 0.3) is 0 Å². The summed E-state index contributed by atoms with van der Waals surface area (Å²) >= 11 is 0. The monoisotopic (exact) mass is 1210 g/mol. The van der Waals surface area contributed by atoms with E-state index in [2.05, 4.69) is 27.7 Å². The second-order valence-corrected chi connectivity index (χ2v) is 25.7. The number of phosphoric acid groups is 2. The third kappa shape index (κ3) is 57.2. The fourth-order valence-electron chi connectivity index (χ4n) is 9.46. The van der Waals surface area contributed by atoms with Gasteiger partial charge in [0.15, 0.2) is 12.2 Å². The number of aliphatic hydroxyl groups excluding tert-OH is 1. The minimum absolute atomic E-state index is 0.100. The highest BCUT2D eigenvalue weighted by molar-refractivity contribution is 7.47. The molecule has 0 spiro atoms. The summed E-state index contributed by atoms with van der Waals surface area (Å²) in [5.74, 6) is -2.14. The maximum Gasteiger partial charge on any atom is 0.472 e. The van der Waals surface area contributed by atoms with Crippen molar-refractivity contribution in [1.29, 1.82) is 0 Å². The van der Waals surface area contributed by atoms with E-state index in [1.165, 1.54) is 154 Å². The predicted molar refractivity (Wildman–Crippen MR) is 326 cm³/mol. The van der Waals surface area contributed by atoms with Crippen LogP contribution < -0.4 is 0 Å². The summed E-state index contributed by atoms with van der Waals surface area (Å²) in [6.07, 6.45) is 43.3. The van der Waals surface area contributed by atoms with E-state index in [4.69, 9.17) is 37.0 Å². The lowest BCUT2D eigenvalue weighted by Gasteiger charge is -2.21. The molecule has 0 aliphatic rings. The van der Waals surface area contributed by atoms with Gasteiger partial charge in [0.1, 0.15) is 19.3 Å². The first kappa shape index (κ1) is 80.1. The Morgan fingerprint density at radius 2 is 0.488 bits per heavy atom. The molecule has 17 nitrogen and oxygen atoms in total. The Hall–Kier alpha value is -1.94. The van der Waals surface area contributed by atoms with E-state index in [0.717, 1.165) is 89.9 Å². The number of hydrogen-bond donors (Lipinski definition) is 3. The average molecular weight is 1210 g/mol. The van der Waals surface area contributed by atoms with Crippen molar-refractivity contribution in [3.8, 4) is 0 Å². The van der Waals surface area contributed by atoms with Gasteiger partial charge in [-0.1, -0.05) is 272 Å². The van der Waals surface area contributed by atoms with E-state index in [1.807, 2.05) is 0 Å². The van der Waals surface area contributed by atoms with Crippen LogP contribution in [0.2, 0.25) is 0 Å². The summed E-state index contributed by atoms with van der Waals surface area (Å²) in [5, 5.41) is 10.5. The first-order valence-electron chi connectivity index (χ1n) is 33.3. The van der Waals surface area contributed by atoms with Crippen LogP contribution in [-0.2, 0) is 65.4 Å². The van der Waals surface area contributed by atoms with Crippen LogP contribution in [0.5, 0.6) is 0 Å². The van der Waals surface area contributed by atoms with Crippen molar-refractivity contribution in [3.05, 3.63) is 0 Å². The zero-order valence-electron chi connectivity index (χ0n) is 52.5. The van der Waals surface area contributed by atoms with Crippen LogP contribution in [0.3, 0.4) is 0 Å². The molecule has 0 aromatic heterocycles. The molecule has 0 bridgehead atoms. The quantitative estimate of drug-likeness (QED) is 0.0222. The lowest BCUT2D eigenvalue weighted by atomic mass is 10.0. The van der Waals surface area contributed by atoms with Gasteiger partial charge in [-0.2, -0.15) is 0 Å². The van der Waals surface area contributed by atoms with Gasteiger partial charge in [0, 0.05) is 25.7 Å². The Balaban J connectivity index is 5.13. The molecule has 5 atom stereocenters. The summed E-state index contributed by atoms with van der Waals surface area (Å²) in [4.78, 5) is 71.9. The second kappa shape index (κ2) is 58.1. The second-order valence-electron chi connectivity index (χ2n) is 22.8. The predicted octanol–water partition coefficient (Wildman–Crippen LogP) is 17.5. The van der Waals surface area contributed by atoms with Crippen LogP contribution in [0.1, 0.15) is 323 Å². The molecule has 0 aliphatic carbocycles. The van der Waals surface area contributed by atoms with Gasteiger partial charge in [-0.15, -0.1) is 0 Å². The van der Waals surface area contributed by atoms with Crippen molar-refractivity contribution in [1.82, 2.24) is 0 Å². The van der Waals surface area contributed by atoms with E-state index >= 15 is 0 Å². The summed E-state index contributed by atoms with van der Waals surface area (Å²) < 4.78 is 67.7. The van der Waals surface area contributed by atoms with Crippen LogP contribution in [0, 0.1) is 0 Å². The Kier molecular flexibility index (Phi) is 56.7. The zero-order valence-corrected chi connectivity index (χ0v) is 54.2. The maximum absolute atomic E-state index is 13.0. The topological polar surface area (TPSA) is 237 Å². The third-order valence-corrected chi connectivity index (χ3v) is 16.5. The summed E-state index contributed by atoms with van der Waals surface area (Å²) in [7, 11) is -9.87. The summed E-state index contributed by atoms with van der Waals surface area (Å²) in [6, 6.07) is 0. The summed E-state index contributed by atoms with van der Waals surface area (Å²) in [5.41, 5.74) is 0. The average Bonchev–Trinajstić information content (AvgIpc) is 3.47. The highest BCUT2D eigenvalue weighted by atomic mass is 31.2. The van der Waals surface area contributed by atoms with Crippen molar-refractivity contribution in [2.45, 2.75) is 341 Å². The zero-order chi connectivity index (χ0) is 60.5. The number of carbonyl (C=O) groups is 4. The molecule has 0 amide bonds. The fraction of sp³-hybridized carbons (Fsp3) is 0.937. The van der Waals surface area contributed by atoms with Gasteiger partial charge in [-0.05, 0) is 25.7 Å². The van der Waals surface area contributed by atoms with Crippen molar-refractivity contribution in [2.75, 3.05) is 39.6 Å². The number of esters is 4. The number of aliphatic hydroxyl groups is 1. The van der Waals surface area contributed by atoms with Crippen LogP contribution in [0.15, 0.2) is 0 Å². The highest BCUT2D eigenvalue weighted by Crippen LogP contribution is 2.45. The largest absolute Gasteiger partial charge is 0.472 e. The molecule has 0 fully saturated rings. The molecule has 3 N–H and O–H groups in total. The number of hydrogen-bond acceptors (Lipinski definition) is 15. The minimum atomic E-state index is -4.94. The molecule has 0 radical (unpaired) electrons. The SMILES string of the molecule is CCCCCCCCCCCCCCCCCC(=O)O[C@H](COC(=O)CCCCCCCCCCCCC)COP(=O)(O)OC[C@H](O)COP(=O)(O)OC[C@@H](COC(=O)CCCCCCCCCCCCC)OC(=O)CCCCCCC. The lowest BCUT2D eigenvalue weighted by molar-refractivity contribution is -0.161. The number of ether oxygens (including phenoxy) is 4. The standard InChI is InChI=1S/C63H122O17P2/c1-5-9-13-17-20-23-26-27-28-29-32-35-38-42-46-50-63(68)80-59(54-74-61(66)48-44-41-37-34-31-25-22-19-15-11-7-3)56-78-82(71,72)76-52-57(64)51-75-81(69,70)77-55-58(79-62(67)49-45-39-16-12-8-4)53-73-60(65)47-43-40-36-33-30-24-21-18-14-10-6-2/h57-59,64H,5-56H2,1-4H3,(H,69,70)(H,71,72)/t57-,58-,59-/m1/s1. The van der Waals surface area contributed by atoms with Gasteiger partial charge in [0.05, 0.1) is 26.4 Å². The Morgan fingerprint density at radius 1 is 0.293 bits per heavy atom. The molecule has 82 heavy (non-hydrogen) atoms. The van der Waals surface area contributed by atoms with Crippen molar-refractivity contribution in [3.63, 3.8) is 0 Å². The lowest BCUT2D eigenvalue weighted by Crippen LogP contribution is -2.30. The van der Waals surface area contributed by atoms with E-state index in [-0.39, 0.29) is 25.7 Å². The fourth-order valence-corrected chi connectivity index (χ4v) is 11.0. The molecule has 2 unspecified atom stereocenters. The number of unbranched alkanes of at least 4 members (excludes halogenated alkanes) is 38. The molecular formula is C63H122O17P2. The first-order chi connectivity index (χ1) is 39.7. The first-order valence-corrected chi connectivity index (χ1v) is 36.3. The van der Waals surface area contributed by atoms with Crippen LogP contribution in [-0.4, -0.2) is 96.7 Å². The van der Waals surface area contributed by atoms with E-state index in [1.54, 1.807) is 0 Å². The third-order valence-electron chi connectivity index (χ3n) is 14.6. The molecule has 0 aromatic rings. The molecule has 486 valence electrons. The Bertz CT molecular complexity index is 1590. The number of carbonyl (C=O) groups excluding carboxylic acids is 4. The van der Waals surface area contributed by atoms with Gasteiger partial charge in [0.25, 0.3) is 0 Å². The molecule has 19 heteroatoms. The van der Waals surface area contributed by atoms with Gasteiger partial charge in [0.2, 0.25) is 0 Å². The van der Waals surface area contributed by atoms with Gasteiger partial charge < -0.3 is 33.8 Å². The van der Waals surface area contributed by atoms with E-state index < -0.39 is 97.5 Å². The van der Waals surface area contributed by atoms with Gasteiger partial charge in [-0.3, -0.25) is 37.3 Å². The summed E-state index contributed by atoms with van der Waals surface area (Å²) in [6.45, 7) is 4.80. The molecule has 0 saturated carbocycles.